The first-order valence-corrected chi connectivity index (χ1v) is 7.76. The molecule has 1 unspecified atom stereocenters. The van der Waals surface area contributed by atoms with E-state index in [0.29, 0.717) is 11.9 Å². The van der Waals surface area contributed by atoms with Crippen LogP contribution in [0.3, 0.4) is 0 Å². The SMILES string of the molecule is CC(Nc1cn[nH]c1N)C1C2CC3CC(C2)CC1C3. The van der Waals surface area contributed by atoms with Gasteiger partial charge in [0, 0.05) is 6.04 Å². The first-order chi connectivity index (χ1) is 9.20. The van der Waals surface area contributed by atoms with E-state index in [-0.39, 0.29) is 0 Å². The Bertz CT molecular complexity index is 438. The lowest BCUT2D eigenvalue weighted by atomic mass is 9.50. The van der Waals surface area contributed by atoms with Crippen LogP contribution in [0.2, 0.25) is 0 Å². The highest BCUT2D eigenvalue weighted by Crippen LogP contribution is 2.57. The van der Waals surface area contributed by atoms with E-state index in [1.165, 1.54) is 32.1 Å². The van der Waals surface area contributed by atoms with Gasteiger partial charge in [0.05, 0.1) is 11.9 Å². The van der Waals surface area contributed by atoms with E-state index < -0.39 is 0 Å². The number of nitrogen functional groups attached to an aromatic ring is 1. The highest BCUT2D eigenvalue weighted by molar-refractivity contribution is 5.60. The van der Waals surface area contributed by atoms with Gasteiger partial charge in [-0.25, -0.2) is 0 Å². The van der Waals surface area contributed by atoms with Crippen molar-refractivity contribution in [2.24, 2.45) is 29.6 Å². The lowest BCUT2D eigenvalue weighted by Gasteiger charge is -2.56. The number of aromatic nitrogens is 2. The summed E-state index contributed by atoms with van der Waals surface area (Å²) in [6.45, 7) is 2.33. The number of aromatic amines is 1. The molecule has 0 amide bonds. The maximum atomic E-state index is 5.88. The first-order valence-electron chi connectivity index (χ1n) is 7.76. The summed E-state index contributed by atoms with van der Waals surface area (Å²) in [6.07, 6.45) is 9.24. The Morgan fingerprint density at radius 3 is 2.37 bits per heavy atom. The van der Waals surface area contributed by atoms with Crippen molar-refractivity contribution in [3.05, 3.63) is 6.20 Å². The van der Waals surface area contributed by atoms with Gasteiger partial charge in [-0.15, -0.1) is 0 Å². The molecule has 4 bridgehead atoms. The third-order valence-electron chi connectivity index (χ3n) is 5.93. The van der Waals surface area contributed by atoms with E-state index in [4.69, 9.17) is 5.73 Å². The van der Waals surface area contributed by atoms with Gasteiger partial charge in [0.25, 0.3) is 0 Å². The summed E-state index contributed by atoms with van der Waals surface area (Å²) in [5.74, 6) is 5.49. The number of anilines is 2. The Morgan fingerprint density at radius 1 is 1.21 bits per heavy atom. The molecular formula is C15H24N4. The number of rotatable bonds is 3. The minimum atomic E-state index is 0.509. The Kier molecular flexibility index (Phi) is 2.54. The van der Waals surface area contributed by atoms with Gasteiger partial charge < -0.3 is 11.1 Å². The van der Waals surface area contributed by atoms with Gasteiger partial charge in [-0.2, -0.15) is 5.10 Å². The molecule has 0 radical (unpaired) electrons. The molecule has 0 saturated heterocycles. The highest BCUT2D eigenvalue weighted by Gasteiger charge is 2.49. The molecular weight excluding hydrogens is 236 g/mol. The quantitative estimate of drug-likeness (QED) is 0.783. The maximum Gasteiger partial charge on any atom is 0.142 e. The normalized spacial score (nSPS) is 41.4. The molecule has 4 aliphatic rings. The lowest BCUT2D eigenvalue weighted by Crippen LogP contribution is -2.50. The molecule has 4 saturated carbocycles. The van der Waals surface area contributed by atoms with Crippen LogP contribution >= 0.6 is 0 Å². The van der Waals surface area contributed by atoms with Crippen LogP contribution in [0.5, 0.6) is 0 Å². The minimum Gasteiger partial charge on any atom is -0.382 e. The van der Waals surface area contributed by atoms with Crippen molar-refractivity contribution in [3.63, 3.8) is 0 Å². The van der Waals surface area contributed by atoms with Crippen molar-refractivity contribution in [1.82, 2.24) is 10.2 Å². The van der Waals surface area contributed by atoms with Crippen LogP contribution in [0.4, 0.5) is 11.5 Å². The van der Waals surface area contributed by atoms with Crippen LogP contribution in [-0.4, -0.2) is 16.2 Å². The van der Waals surface area contributed by atoms with E-state index >= 15 is 0 Å². The Morgan fingerprint density at radius 2 is 1.84 bits per heavy atom. The average molecular weight is 260 g/mol. The van der Waals surface area contributed by atoms with Crippen LogP contribution in [0.15, 0.2) is 6.20 Å². The molecule has 4 fully saturated rings. The van der Waals surface area contributed by atoms with Gasteiger partial charge in [-0.3, -0.25) is 5.10 Å². The molecule has 0 aromatic carbocycles. The predicted octanol–water partition coefficient (Wildman–Crippen LogP) is 2.86. The maximum absolute atomic E-state index is 5.88. The Labute approximate surface area is 114 Å². The van der Waals surface area contributed by atoms with Crippen LogP contribution in [0.1, 0.15) is 39.0 Å². The van der Waals surface area contributed by atoms with Crippen LogP contribution < -0.4 is 11.1 Å². The number of nitrogens with one attached hydrogen (secondary N) is 2. The van der Waals surface area contributed by atoms with Gasteiger partial charge in [0.2, 0.25) is 0 Å². The molecule has 1 heterocycles. The molecule has 1 aromatic rings. The fourth-order valence-electron chi connectivity index (χ4n) is 5.54. The zero-order chi connectivity index (χ0) is 13.0. The van der Waals surface area contributed by atoms with Gasteiger partial charge in [0.15, 0.2) is 0 Å². The van der Waals surface area contributed by atoms with E-state index in [0.717, 1.165) is 35.3 Å². The summed E-state index contributed by atoms with van der Waals surface area (Å²) in [7, 11) is 0. The second-order valence-electron chi connectivity index (χ2n) is 7.14. The molecule has 4 heteroatoms. The summed E-state index contributed by atoms with van der Waals surface area (Å²) < 4.78 is 0. The third kappa shape index (κ3) is 1.84. The molecule has 1 aromatic heterocycles. The van der Waals surface area contributed by atoms with E-state index in [1.807, 2.05) is 6.20 Å². The molecule has 1 atom stereocenters. The van der Waals surface area contributed by atoms with Gasteiger partial charge >= 0.3 is 0 Å². The second-order valence-corrected chi connectivity index (χ2v) is 7.14. The lowest BCUT2D eigenvalue weighted by molar-refractivity contribution is -0.0417. The first kappa shape index (κ1) is 11.6. The number of H-pyrrole nitrogens is 1. The molecule has 19 heavy (non-hydrogen) atoms. The zero-order valence-electron chi connectivity index (χ0n) is 11.6. The number of hydrogen-bond donors (Lipinski definition) is 3. The fourth-order valence-corrected chi connectivity index (χ4v) is 5.54. The number of nitrogens with two attached hydrogens (primary N) is 1. The molecule has 4 aliphatic carbocycles. The smallest absolute Gasteiger partial charge is 0.142 e. The summed E-state index contributed by atoms with van der Waals surface area (Å²) >= 11 is 0. The van der Waals surface area contributed by atoms with Crippen molar-refractivity contribution in [1.29, 1.82) is 0 Å². The summed E-state index contributed by atoms with van der Waals surface area (Å²) in [5, 5.41) is 10.4. The molecule has 5 rings (SSSR count). The van der Waals surface area contributed by atoms with Crippen molar-refractivity contribution in [2.75, 3.05) is 11.1 Å². The van der Waals surface area contributed by atoms with Crippen molar-refractivity contribution in [3.8, 4) is 0 Å². The minimum absolute atomic E-state index is 0.509. The molecule has 0 spiro atoms. The van der Waals surface area contributed by atoms with E-state index in [2.05, 4.69) is 22.4 Å². The van der Waals surface area contributed by atoms with E-state index in [9.17, 15) is 0 Å². The Balaban J connectivity index is 1.51. The second kappa shape index (κ2) is 4.15. The van der Waals surface area contributed by atoms with Crippen molar-refractivity contribution in [2.45, 2.75) is 45.1 Å². The van der Waals surface area contributed by atoms with Gasteiger partial charge in [0.1, 0.15) is 5.82 Å². The standard InChI is InChI=1S/C15H24N4/c1-8(18-13-7-17-19-15(13)16)14-11-3-9-2-10(5-11)6-12(14)4-9/h7-12,14,18H,2-6H2,1H3,(H3,16,17,19). The fraction of sp³-hybridized carbons (Fsp3) is 0.800. The predicted molar refractivity (Wildman–Crippen MR) is 76.6 cm³/mol. The highest BCUT2D eigenvalue weighted by atomic mass is 15.2. The number of hydrogen-bond acceptors (Lipinski definition) is 3. The van der Waals surface area contributed by atoms with Crippen LogP contribution in [0.25, 0.3) is 0 Å². The summed E-state index contributed by atoms with van der Waals surface area (Å²) in [6, 6.07) is 0.509. The zero-order valence-corrected chi connectivity index (χ0v) is 11.6. The van der Waals surface area contributed by atoms with Crippen LogP contribution in [0, 0.1) is 29.6 Å². The third-order valence-corrected chi connectivity index (χ3v) is 5.93. The van der Waals surface area contributed by atoms with Crippen LogP contribution in [-0.2, 0) is 0 Å². The van der Waals surface area contributed by atoms with E-state index in [1.54, 1.807) is 0 Å². The Hall–Kier alpha value is -1.19. The van der Waals surface area contributed by atoms with Gasteiger partial charge in [-0.1, -0.05) is 0 Å². The molecule has 4 N–H and O–H groups in total. The molecule has 4 nitrogen and oxygen atoms in total. The molecule has 104 valence electrons. The van der Waals surface area contributed by atoms with Crippen molar-refractivity contribution >= 4 is 11.5 Å². The van der Waals surface area contributed by atoms with Crippen molar-refractivity contribution < 1.29 is 0 Å². The molecule has 0 aliphatic heterocycles. The monoisotopic (exact) mass is 260 g/mol. The van der Waals surface area contributed by atoms with Gasteiger partial charge in [-0.05, 0) is 68.6 Å². The summed E-state index contributed by atoms with van der Waals surface area (Å²) in [4.78, 5) is 0. The largest absolute Gasteiger partial charge is 0.382 e. The average Bonchev–Trinajstić information content (AvgIpc) is 2.73. The number of nitrogens with zero attached hydrogens (tertiary/aromatic N) is 1. The topological polar surface area (TPSA) is 66.7 Å². The summed E-state index contributed by atoms with van der Waals surface area (Å²) in [5.41, 5.74) is 6.86.